The summed E-state index contributed by atoms with van der Waals surface area (Å²) in [5, 5.41) is 2.90. The van der Waals surface area contributed by atoms with E-state index >= 15 is 0 Å². The summed E-state index contributed by atoms with van der Waals surface area (Å²) in [6.45, 7) is 3.17. The van der Waals surface area contributed by atoms with Crippen LogP contribution in [0.2, 0.25) is 0 Å². The summed E-state index contributed by atoms with van der Waals surface area (Å²) >= 11 is 1.55. The highest BCUT2D eigenvalue weighted by molar-refractivity contribution is 7.09. The standard InChI is InChI=1S/C12H17N3O2S/c1-8-14-10(7-18-8)6-11(16)15-4-2-9(3-5-15)12(13)17/h7,9H,2-6H2,1H3,(H2,13,17). The molecule has 1 fully saturated rings. The maximum absolute atomic E-state index is 12.0. The lowest BCUT2D eigenvalue weighted by atomic mass is 9.96. The molecule has 2 amide bonds. The number of aryl methyl sites for hydroxylation is 1. The third-order valence-corrected chi connectivity index (χ3v) is 4.07. The lowest BCUT2D eigenvalue weighted by Crippen LogP contribution is -2.42. The summed E-state index contributed by atoms with van der Waals surface area (Å²) in [6.07, 6.45) is 1.71. The van der Waals surface area contributed by atoms with Gasteiger partial charge in [-0.3, -0.25) is 9.59 Å². The molecule has 1 saturated heterocycles. The predicted octanol–water partition coefficient (Wildman–Crippen LogP) is 0.718. The van der Waals surface area contributed by atoms with E-state index < -0.39 is 0 Å². The average molecular weight is 267 g/mol. The molecule has 1 aromatic rings. The van der Waals surface area contributed by atoms with Crippen LogP contribution in [0.3, 0.4) is 0 Å². The van der Waals surface area contributed by atoms with Crippen molar-refractivity contribution in [2.45, 2.75) is 26.2 Å². The van der Waals surface area contributed by atoms with E-state index in [1.165, 1.54) is 0 Å². The number of carbonyl (C=O) groups is 2. The molecule has 0 atom stereocenters. The second-order valence-electron chi connectivity index (χ2n) is 4.59. The Morgan fingerprint density at radius 2 is 2.17 bits per heavy atom. The van der Waals surface area contributed by atoms with Crippen LogP contribution < -0.4 is 5.73 Å². The van der Waals surface area contributed by atoms with Crippen molar-refractivity contribution in [3.05, 3.63) is 16.1 Å². The van der Waals surface area contributed by atoms with Crippen molar-refractivity contribution in [3.63, 3.8) is 0 Å². The molecule has 1 aliphatic heterocycles. The maximum atomic E-state index is 12.0. The largest absolute Gasteiger partial charge is 0.369 e. The molecule has 2 heterocycles. The van der Waals surface area contributed by atoms with Gasteiger partial charge in [0, 0.05) is 24.4 Å². The Morgan fingerprint density at radius 1 is 1.50 bits per heavy atom. The van der Waals surface area contributed by atoms with E-state index in [1.54, 1.807) is 16.2 Å². The van der Waals surface area contributed by atoms with Gasteiger partial charge in [-0.15, -0.1) is 11.3 Å². The summed E-state index contributed by atoms with van der Waals surface area (Å²) in [5.41, 5.74) is 6.10. The van der Waals surface area contributed by atoms with Crippen LogP contribution in [-0.4, -0.2) is 34.8 Å². The van der Waals surface area contributed by atoms with Gasteiger partial charge in [-0.25, -0.2) is 4.98 Å². The molecule has 0 aliphatic carbocycles. The Balaban J connectivity index is 1.86. The van der Waals surface area contributed by atoms with Gasteiger partial charge in [0.2, 0.25) is 11.8 Å². The first kappa shape index (κ1) is 13.0. The Labute approximate surface area is 110 Å². The van der Waals surface area contributed by atoms with Crippen LogP contribution in [0.1, 0.15) is 23.5 Å². The molecule has 1 aromatic heterocycles. The summed E-state index contributed by atoms with van der Waals surface area (Å²) in [7, 11) is 0. The highest BCUT2D eigenvalue weighted by Crippen LogP contribution is 2.18. The van der Waals surface area contributed by atoms with Crippen LogP contribution in [0.25, 0.3) is 0 Å². The topological polar surface area (TPSA) is 76.3 Å². The average Bonchev–Trinajstić information content (AvgIpc) is 2.75. The number of nitrogens with zero attached hydrogens (tertiary/aromatic N) is 2. The molecule has 0 saturated carbocycles. The molecule has 0 unspecified atom stereocenters. The van der Waals surface area contributed by atoms with Crippen molar-refractivity contribution in [1.82, 2.24) is 9.88 Å². The van der Waals surface area contributed by atoms with E-state index in [2.05, 4.69) is 4.98 Å². The number of nitrogens with two attached hydrogens (primary N) is 1. The third-order valence-electron chi connectivity index (χ3n) is 3.25. The highest BCUT2D eigenvalue weighted by atomic mass is 32.1. The summed E-state index contributed by atoms with van der Waals surface area (Å²) in [6, 6.07) is 0. The lowest BCUT2D eigenvalue weighted by Gasteiger charge is -2.30. The van der Waals surface area contributed by atoms with Gasteiger partial charge in [-0.1, -0.05) is 0 Å². The Hall–Kier alpha value is -1.43. The third kappa shape index (κ3) is 3.07. The second-order valence-corrected chi connectivity index (χ2v) is 5.65. The van der Waals surface area contributed by atoms with Gasteiger partial charge >= 0.3 is 0 Å². The van der Waals surface area contributed by atoms with E-state index in [0.717, 1.165) is 10.7 Å². The zero-order valence-corrected chi connectivity index (χ0v) is 11.2. The van der Waals surface area contributed by atoms with Crippen LogP contribution in [0.5, 0.6) is 0 Å². The number of carbonyl (C=O) groups excluding carboxylic acids is 2. The van der Waals surface area contributed by atoms with Crippen molar-refractivity contribution in [2.75, 3.05) is 13.1 Å². The van der Waals surface area contributed by atoms with Crippen molar-refractivity contribution in [1.29, 1.82) is 0 Å². The second kappa shape index (κ2) is 5.48. The molecule has 2 N–H and O–H groups in total. The molecule has 0 bridgehead atoms. The normalized spacial score (nSPS) is 16.8. The monoisotopic (exact) mass is 267 g/mol. The summed E-state index contributed by atoms with van der Waals surface area (Å²) in [4.78, 5) is 29.1. The molecule has 1 aliphatic rings. The van der Waals surface area contributed by atoms with E-state index in [-0.39, 0.29) is 17.7 Å². The van der Waals surface area contributed by atoms with Crippen LogP contribution >= 0.6 is 11.3 Å². The minimum atomic E-state index is -0.253. The fourth-order valence-electron chi connectivity index (χ4n) is 2.17. The molecule has 0 radical (unpaired) electrons. The number of aromatic nitrogens is 1. The first-order valence-electron chi connectivity index (χ1n) is 6.04. The zero-order chi connectivity index (χ0) is 13.1. The maximum Gasteiger partial charge on any atom is 0.228 e. The minimum Gasteiger partial charge on any atom is -0.369 e. The number of piperidine rings is 1. The molecular weight excluding hydrogens is 250 g/mol. The van der Waals surface area contributed by atoms with Crippen LogP contribution in [0.4, 0.5) is 0 Å². The van der Waals surface area contributed by atoms with Gasteiger partial charge in [-0.05, 0) is 19.8 Å². The number of likely N-dealkylation sites (tertiary alicyclic amines) is 1. The van der Waals surface area contributed by atoms with Gasteiger partial charge in [0.1, 0.15) is 0 Å². The number of primary amides is 1. The van der Waals surface area contributed by atoms with E-state index in [4.69, 9.17) is 5.73 Å². The molecule has 0 spiro atoms. The number of hydrogen-bond acceptors (Lipinski definition) is 4. The SMILES string of the molecule is Cc1nc(CC(=O)N2CCC(C(N)=O)CC2)cs1. The van der Waals surface area contributed by atoms with Crippen molar-refractivity contribution < 1.29 is 9.59 Å². The van der Waals surface area contributed by atoms with E-state index in [1.807, 2.05) is 12.3 Å². The molecule has 5 nitrogen and oxygen atoms in total. The van der Waals surface area contributed by atoms with Crippen molar-refractivity contribution >= 4 is 23.2 Å². The number of amides is 2. The van der Waals surface area contributed by atoms with Crippen LogP contribution in [0, 0.1) is 12.8 Å². The van der Waals surface area contributed by atoms with Crippen molar-refractivity contribution in [3.8, 4) is 0 Å². The number of thiazole rings is 1. The Bertz CT molecular complexity index is 450. The predicted molar refractivity (Wildman–Crippen MR) is 69.1 cm³/mol. The lowest BCUT2D eigenvalue weighted by molar-refractivity contribution is -0.134. The molecule has 98 valence electrons. The van der Waals surface area contributed by atoms with Gasteiger partial charge in [0.25, 0.3) is 0 Å². The van der Waals surface area contributed by atoms with Gasteiger partial charge in [0.05, 0.1) is 17.1 Å². The smallest absolute Gasteiger partial charge is 0.228 e. The first-order valence-corrected chi connectivity index (χ1v) is 6.92. The van der Waals surface area contributed by atoms with Gasteiger partial charge < -0.3 is 10.6 Å². The quantitative estimate of drug-likeness (QED) is 0.876. The van der Waals surface area contributed by atoms with Gasteiger partial charge in [-0.2, -0.15) is 0 Å². The molecule has 2 rings (SSSR count). The van der Waals surface area contributed by atoms with Crippen molar-refractivity contribution in [2.24, 2.45) is 11.7 Å². The Kier molecular flexibility index (Phi) is 3.96. The fraction of sp³-hybridized carbons (Fsp3) is 0.583. The van der Waals surface area contributed by atoms with E-state index in [0.29, 0.717) is 32.4 Å². The zero-order valence-electron chi connectivity index (χ0n) is 10.4. The summed E-state index contributed by atoms with van der Waals surface area (Å²) in [5.74, 6) is -0.240. The van der Waals surface area contributed by atoms with Gasteiger partial charge in [0.15, 0.2) is 0 Å². The van der Waals surface area contributed by atoms with E-state index in [9.17, 15) is 9.59 Å². The number of rotatable bonds is 3. The molecule has 6 heteroatoms. The van der Waals surface area contributed by atoms with Crippen LogP contribution in [0.15, 0.2) is 5.38 Å². The minimum absolute atomic E-state index is 0.0735. The Morgan fingerprint density at radius 3 is 2.67 bits per heavy atom. The first-order chi connectivity index (χ1) is 8.56. The summed E-state index contributed by atoms with van der Waals surface area (Å²) < 4.78 is 0. The fourth-order valence-corrected chi connectivity index (χ4v) is 2.78. The molecular formula is C12H17N3O2S. The van der Waals surface area contributed by atoms with Crippen LogP contribution in [-0.2, 0) is 16.0 Å². The molecule has 18 heavy (non-hydrogen) atoms. The highest BCUT2D eigenvalue weighted by Gasteiger charge is 2.25. The number of hydrogen-bond donors (Lipinski definition) is 1. The molecule has 0 aromatic carbocycles.